The van der Waals surface area contributed by atoms with Crippen LogP contribution in [0.15, 0.2) is 36.5 Å². The highest BCUT2D eigenvalue weighted by atomic mass is 16.1. The van der Waals surface area contributed by atoms with Crippen LogP contribution in [-0.4, -0.2) is 20.8 Å². The number of aromatic nitrogens is 3. The van der Waals surface area contributed by atoms with Gasteiger partial charge in [0.15, 0.2) is 5.78 Å². The first-order valence-corrected chi connectivity index (χ1v) is 7.31. The van der Waals surface area contributed by atoms with Gasteiger partial charge in [-0.1, -0.05) is 54.8 Å². The Morgan fingerprint density at radius 2 is 1.90 bits per heavy atom. The van der Waals surface area contributed by atoms with Gasteiger partial charge in [-0.25, -0.2) is 4.68 Å². The lowest BCUT2D eigenvalue weighted by atomic mass is 9.85. The van der Waals surface area contributed by atoms with Crippen molar-refractivity contribution >= 4 is 5.78 Å². The van der Waals surface area contributed by atoms with Gasteiger partial charge in [-0.15, -0.1) is 5.10 Å². The molecule has 4 heteroatoms. The van der Waals surface area contributed by atoms with Crippen molar-refractivity contribution in [2.45, 2.75) is 38.6 Å². The van der Waals surface area contributed by atoms with Crippen molar-refractivity contribution in [3.05, 3.63) is 47.8 Å². The van der Waals surface area contributed by atoms with E-state index in [9.17, 15) is 4.79 Å². The molecule has 0 aliphatic heterocycles. The maximum absolute atomic E-state index is 12.3. The molecule has 4 nitrogen and oxygen atoms in total. The summed E-state index contributed by atoms with van der Waals surface area (Å²) in [5.41, 5.74) is 1.68. The van der Waals surface area contributed by atoms with E-state index >= 15 is 0 Å². The average molecular weight is 269 g/mol. The van der Waals surface area contributed by atoms with Gasteiger partial charge < -0.3 is 0 Å². The number of carbonyl (C=O) groups is 1. The molecule has 0 amide bonds. The normalized spacial score (nSPS) is 16.2. The monoisotopic (exact) mass is 269 g/mol. The molecule has 1 aliphatic rings. The van der Waals surface area contributed by atoms with Gasteiger partial charge in [-0.2, -0.15) is 0 Å². The molecule has 104 valence electrons. The highest BCUT2D eigenvalue weighted by Gasteiger charge is 2.24. The first-order chi connectivity index (χ1) is 9.83. The maximum Gasteiger partial charge on any atom is 0.187 e. The molecule has 0 unspecified atom stereocenters. The van der Waals surface area contributed by atoms with Crippen LogP contribution in [0, 0.1) is 5.92 Å². The molecule has 1 aromatic heterocycles. The fraction of sp³-hybridized carbons (Fsp3) is 0.438. The molecule has 3 rings (SSSR count). The first kappa shape index (κ1) is 13.0. The third kappa shape index (κ3) is 2.95. The zero-order valence-electron chi connectivity index (χ0n) is 11.5. The molecule has 0 spiro atoms. The molecule has 0 radical (unpaired) electrons. The number of ketones is 1. The van der Waals surface area contributed by atoms with Crippen molar-refractivity contribution < 1.29 is 4.79 Å². The third-order valence-corrected chi connectivity index (χ3v) is 3.95. The van der Waals surface area contributed by atoms with Crippen LogP contribution < -0.4 is 0 Å². The van der Waals surface area contributed by atoms with Crippen LogP contribution in [0.5, 0.6) is 0 Å². The van der Waals surface area contributed by atoms with Crippen molar-refractivity contribution in [3.63, 3.8) is 0 Å². The molecule has 1 heterocycles. The van der Waals surface area contributed by atoms with E-state index in [1.165, 1.54) is 6.42 Å². The molecule has 1 saturated carbocycles. The summed E-state index contributed by atoms with van der Waals surface area (Å²) in [6, 6.07) is 10.1. The molecule has 2 aromatic rings. The number of hydrogen-bond acceptors (Lipinski definition) is 3. The molecule has 0 atom stereocenters. The quantitative estimate of drug-likeness (QED) is 0.801. The molecule has 20 heavy (non-hydrogen) atoms. The summed E-state index contributed by atoms with van der Waals surface area (Å²) < 4.78 is 1.74. The standard InChI is InChI=1S/C16H19N3O/c20-16(14-9-5-2-6-10-14)15-12-19(18-17-15)11-13-7-3-1-4-8-13/h1,3-4,7-8,12,14H,2,5-6,9-11H2. The molecule has 1 fully saturated rings. The summed E-state index contributed by atoms with van der Waals surface area (Å²) in [7, 11) is 0. The number of hydrogen-bond donors (Lipinski definition) is 0. The van der Waals surface area contributed by atoms with Crippen LogP contribution in [0.1, 0.15) is 48.2 Å². The summed E-state index contributed by atoms with van der Waals surface area (Å²) in [5, 5.41) is 8.12. The number of benzene rings is 1. The summed E-state index contributed by atoms with van der Waals surface area (Å²) in [6.45, 7) is 0.659. The predicted octanol–water partition coefficient (Wildman–Crippen LogP) is 3.09. The van der Waals surface area contributed by atoms with E-state index in [-0.39, 0.29) is 11.7 Å². The molecule has 0 N–H and O–H groups in total. The second-order valence-electron chi connectivity index (χ2n) is 5.49. The van der Waals surface area contributed by atoms with Crippen molar-refractivity contribution in [1.82, 2.24) is 15.0 Å². The molecular weight excluding hydrogens is 250 g/mol. The van der Waals surface area contributed by atoms with Crippen LogP contribution in [0.3, 0.4) is 0 Å². The van der Waals surface area contributed by atoms with Gasteiger partial charge in [0.25, 0.3) is 0 Å². The Bertz CT molecular complexity index is 570. The minimum Gasteiger partial charge on any atom is -0.292 e. The predicted molar refractivity (Wildman–Crippen MR) is 76.5 cm³/mol. The zero-order valence-corrected chi connectivity index (χ0v) is 11.5. The Kier molecular flexibility index (Phi) is 3.90. The number of nitrogens with zero attached hydrogens (tertiary/aromatic N) is 3. The second kappa shape index (κ2) is 5.99. The Balaban J connectivity index is 1.68. The largest absolute Gasteiger partial charge is 0.292 e. The number of carbonyl (C=O) groups excluding carboxylic acids is 1. The van der Waals surface area contributed by atoms with E-state index in [1.54, 1.807) is 10.9 Å². The lowest BCUT2D eigenvalue weighted by molar-refractivity contribution is 0.0884. The van der Waals surface area contributed by atoms with Gasteiger partial charge in [0.1, 0.15) is 5.69 Å². The lowest BCUT2D eigenvalue weighted by Crippen LogP contribution is -2.18. The van der Waals surface area contributed by atoms with Crippen molar-refractivity contribution in [3.8, 4) is 0 Å². The summed E-state index contributed by atoms with van der Waals surface area (Å²) >= 11 is 0. The maximum atomic E-state index is 12.3. The van der Waals surface area contributed by atoms with E-state index < -0.39 is 0 Å². The average Bonchev–Trinajstić information content (AvgIpc) is 2.97. The molecule has 1 aliphatic carbocycles. The smallest absolute Gasteiger partial charge is 0.187 e. The Hall–Kier alpha value is -1.97. The minimum atomic E-state index is 0.158. The first-order valence-electron chi connectivity index (χ1n) is 7.31. The van der Waals surface area contributed by atoms with E-state index in [2.05, 4.69) is 10.3 Å². The lowest BCUT2D eigenvalue weighted by Gasteiger charge is -2.18. The Morgan fingerprint density at radius 3 is 2.65 bits per heavy atom. The Labute approximate surface area is 118 Å². The van der Waals surface area contributed by atoms with Crippen LogP contribution in [0.4, 0.5) is 0 Å². The number of Topliss-reactive ketones (excluding diaryl/α,β-unsaturated/α-hetero) is 1. The van der Waals surface area contributed by atoms with Gasteiger partial charge in [0.05, 0.1) is 12.7 Å². The van der Waals surface area contributed by atoms with E-state index in [0.29, 0.717) is 12.2 Å². The summed E-state index contributed by atoms with van der Waals surface area (Å²) in [6.07, 6.45) is 7.37. The van der Waals surface area contributed by atoms with Gasteiger partial charge in [-0.05, 0) is 18.4 Å². The zero-order chi connectivity index (χ0) is 13.8. The van der Waals surface area contributed by atoms with Crippen LogP contribution in [-0.2, 0) is 6.54 Å². The summed E-state index contributed by atoms with van der Waals surface area (Å²) in [4.78, 5) is 12.3. The topological polar surface area (TPSA) is 47.8 Å². The fourth-order valence-corrected chi connectivity index (χ4v) is 2.83. The second-order valence-corrected chi connectivity index (χ2v) is 5.49. The van der Waals surface area contributed by atoms with E-state index in [4.69, 9.17) is 0 Å². The van der Waals surface area contributed by atoms with Gasteiger partial charge in [-0.3, -0.25) is 4.79 Å². The van der Waals surface area contributed by atoms with Crippen LogP contribution >= 0.6 is 0 Å². The molecule has 1 aromatic carbocycles. The van der Waals surface area contributed by atoms with Gasteiger partial charge >= 0.3 is 0 Å². The highest BCUT2D eigenvalue weighted by molar-refractivity contribution is 5.95. The molecule has 0 saturated heterocycles. The molecular formula is C16H19N3O. The third-order valence-electron chi connectivity index (χ3n) is 3.95. The van der Waals surface area contributed by atoms with Crippen molar-refractivity contribution in [2.75, 3.05) is 0 Å². The Morgan fingerprint density at radius 1 is 1.15 bits per heavy atom. The number of rotatable bonds is 4. The van der Waals surface area contributed by atoms with Crippen LogP contribution in [0.2, 0.25) is 0 Å². The van der Waals surface area contributed by atoms with E-state index in [0.717, 1.165) is 31.2 Å². The minimum absolute atomic E-state index is 0.158. The molecule has 0 bridgehead atoms. The van der Waals surface area contributed by atoms with Crippen LogP contribution in [0.25, 0.3) is 0 Å². The van der Waals surface area contributed by atoms with E-state index in [1.807, 2.05) is 30.3 Å². The van der Waals surface area contributed by atoms with Gasteiger partial charge in [0, 0.05) is 5.92 Å². The van der Waals surface area contributed by atoms with Crippen molar-refractivity contribution in [2.24, 2.45) is 5.92 Å². The SMILES string of the molecule is O=C(c1cn(Cc2ccccc2)nn1)C1CCCCC1. The highest BCUT2D eigenvalue weighted by Crippen LogP contribution is 2.26. The summed E-state index contributed by atoms with van der Waals surface area (Å²) in [5.74, 6) is 0.328. The van der Waals surface area contributed by atoms with Gasteiger partial charge in [0.2, 0.25) is 0 Å². The van der Waals surface area contributed by atoms with Crippen molar-refractivity contribution in [1.29, 1.82) is 0 Å². The fourth-order valence-electron chi connectivity index (χ4n) is 2.83.